The van der Waals surface area contributed by atoms with Crippen molar-refractivity contribution in [2.24, 2.45) is 11.7 Å². The van der Waals surface area contributed by atoms with Gasteiger partial charge in [0, 0.05) is 42.9 Å². The van der Waals surface area contributed by atoms with Gasteiger partial charge in [0.05, 0.1) is 0 Å². The number of anilines is 1. The molecule has 2 amide bonds. The zero-order valence-electron chi connectivity index (χ0n) is 17.7. The lowest BCUT2D eigenvalue weighted by molar-refractivity contribution is -0.122. The van der Waals surface area contributed by atoms with E-state index in [1.54, 1.807) is 30.5 Å². The van der Waals surface area contributed by atoms with E-state index in [1.165, 1.54) is 0 Å². The van der Waals surface area contributed by atoms with Gasteiger partial charge in [-0.05, 0) is 55.3 Å². The summed E-state index contributed by atoms with van der Waals surface area (Å²) in [5.74, 6) is 1.77. The first-order valence-electron chi connectivity index (χ1n) is 10.7. The number of carbonyl (C=O) groups is 2. The second kappa shape index (κ2) is 9.96. The Morgan fingerprint density at radius 3 is 2.34 bits per heavy atom. The number of primary amides is 1. The minimum Gasteiger partial charge on any atom is -0.457 e. The number of amides is 2. The Labute approximate surface area is 187 Å². The molecule has 4 rings (SSSR count). The molecular weight excluding hydrogens is 404 g/mol. The first-order valence-corrected chi connectivity index (χ1v) is 10.7. The van der Waals surface area contributed by atoms with Gasteiger partial charge in [0.25, 0.3) is 5.91 Å². The van der Waals surface area contributed by atoms with E-state index in [0.29, 0.717) is 30.9 Å². The number of hydrogen-bond acceptors (Lipinski definition) is 5. The van der Waals surface area contributed by atoms with Crippen molar-refractivity contribution in [1.29, 1.82) is 0 Å². The molecule has 3 aromatic rings. The Kier molecular flexibility index (Phi) is 6.65. The van der Waals surface area contributed by atoms with Crippen LogP contribution in [0.3, 0.4) is 0 Å². The van der Waals surface area contributed by atoms with Gasteiger partial charge in [0.15, 0.2) is 0 Å². The molecule has 1 aromatic heterocycles. The van der Waals surface area contributed by atoms with Crippen LogP contribution >= 0.6 is 0 Å². The van der Waals surface area contributed by atoms with Crippen LogP contribution < -0.4 is 20.7 Å². The van der Waals surface area contributed by atoms with E-state index in [0.717, 1.165) is 30.0 Å². The van der Waals surface area contributed by atoms with Gasteiger partial charge >= 0.3 is 0 Å². The van der Waals surface area contributed by atoms with Crippen LogP contribution in [0.4, 0.5) is 5.82 Å². The summed E-state index contributed by atoms with van der Waals surface area (Å²) in [4.78, 5) is 30.7. The molecule has 0 aliphatic carbocycles. The largest absolute Gasteiger partial charge is 0.457 e. The molecule has 2 heterocycles. The molecule has 0 unspecified atom stereocenters. The van der Waals surface area contributed by atoms with E-state index < -0.39 is 0 Å². The molecule has 32 heavy (non-hydrogen) atoms. The number of pyridine rings is 1. The molecule has 1 aliphatic heterocycles. The third-order valence-corrected chi connectivity index (χ3v) is 5.60. The number of aromatic nitrogens is 1. The molecule has 3 N–H and O–H groups in total. The highest BCUT2D eigenvalue weighted by molar-refractivity contribution is 5.94. The van der Waals surface area contributed by atoms with E-state index in [1.807, 2.05) is 42.5 Å². The van der Waals surface area contributed by atoms with Crippen molar-refractivity contribution in [3.63, 3.8) is 0 Å². The van der Waals surface area contributed by atoms with Gasteiger partial charge in [0.2, 0.25) is 5.91 Å². The number of piperidine rings is 1. The maximum absolute atomic E-state index is 12.7. The Morgan fingerprint density at radius 2 is 1.66 bits per heavy atom. The monoisotopic (exact) mass is 430 g/mol. The van der Waals surface area contributed by atoms with Crippen LogP contribution in [-0.4, -0.2) is 29.9 Å². The average Bonchev–Trinajstić information content (AvgIpc) is 2.84. The van der Waals surface area contributed by atoms with E-state index >= 15 is 0 Å². The van der Waals surface area contributed by atoms with Crippen molar-refractivity contribution in [3.05, 3.63) is 84.1 Å². The lowest BCUT2D eigenvalue weighted by atomic mass is 9.96. The number of nitrogens with zero attached hydrogens (tertiary/aromatic N) is 2. The Balaban J connectivity index is 1.36. The normalized spacial score (nSPS) is 14.1. The maximum Gasteiger partial charge on any atom is 0.251 e. The van der Waals surface area contributed by atoms with Crippen LogP contribution in [0.25, 0.3) is 0 Å². The zero-order valence-corrected chi connectivity index (χ0v) is 17.7. The van der Waals surface area contributed by atoms with Crippen LogP contribution in [0.2, 0.25) is 0 Å². The van der Waals surface area contributed by atoms with E-state index in [-0.39, 0.29) is 17.7 Å². The average molecular weight is 431 g/mol. The molecule has 0 bridgehead atoms. The molecule has 1 saturated heterocycles. The lowest BCUT2D eigenvalue weighted by Gasteiger charge is -2.32. The van der Waals surface area contributed by atoms with Gasteiger partial charge in [0.1, 0.15) is 17.3 Å². The summed E-state index contributed by atoms with van der Waals surface area (Å²) in [6.07, 6.45) is 3.18. The molecule has 164 valence electrons. The second-order valence-corrected chi connectivity index (χ2v) is 7.77. The molecular formula is C25H26N4O3. The lowest BCUT2D eigenvalue weighted by Crippen LogP contribution is -2.39. The summed E-state index contributed by atoms with van der Waals surface area (Å²) in [7, 11) is 0. The van der Waals surface area contributed by atoms with Crippen molar-refractivity contribution in [1.82, 2.24) is 10.3 Å². The standard InChI is InChI=1S/C25H26N4O3/c26-23(30)18-12-15-29(16-13-18)24-20(5-4-14-27-24)17-28-25(31)19-8-10-22(11-9-19)32-21-6-2-1-3-7-21/h1-11,14,18H,12-13,15-17H2,(H2,26,30)(H,28,31). The molecule has 0 saturated carbocycles. The first kappa shape index (κ1) is 21.4. The molecule has 1 fully saturated rings. The van der Waals surface area contributed by atoms with Gasteiger partial charge in [-0.3, -0.25) is 9.59 Å². The second-order valence-electron chi connectivity index (χ2n) is 7.77. The number of carbonyl (C=O) groups excluding carboxylic acids is 2. The molecule has 0 atom stereocenters. The number of nitrogens with one attached hydrogen (secondary N) is 1. The highest BCUT2D eigenvalue weighted by Gasteiger charge is 2.25. The third kappa shape index (κ3) is 5.24. The number of benzene rings is 2. The van der Waals surface area contributed by atoms with Gasteiger partial charge < -0.3 is 20.7 Å². The summed E-state index contributed by atoms with van der Waals surface area (Å²) in [6, 6.07) is 20.4. The minimum absolute atomic E-state index is 0.0769. The quantitative estimate of drug-likeness (QED) is 0.598. The molecule has 1 aliphatic rings. The van der Waals surface area contributed by atoms with Crippen molar-refractivity contribution in [2.75, 3.05) is 18.0 Å². The van der Waals surface area contributed by atoms with Crippen LogP contribution in [-0.2, 0) is 11.3 Å². The minimum atomic E-state index is -0.238. The number of para-hydroxylation sites is 1. The third-order valence-electron chi connectivity index (χ3n) is 5.60. The van der Waals surface area contributed by atoms with Gasteiger partial charge in [-0.25, -0.2) is 4.98 Å². The van der Waals surface area contributed by atoms with Crippen LogP contribution in [0, 0.1) is 5.92 Å². The Morgan fingerprint density at radius 1 is 0.969 bits per heavy atom. The van der Waals surface area contributed by atoms with Crippen molar-refractivity contribution in [2.45, 2.75) is 19.4 Å². The van der Waals surface area contributed by atoms with Crippen molar-refractivity contribution >= 4 is 17.6 Å². The SMILES string of the molecule is NC(=O)C1CCN(c2ncccc2CNC(=O)c2ccc(Oc3ccccc3)cc2)CC1. The number of nitrogens with two attached hydrogens (primary N) is 1. The highest BCUT2D eigenvalue weighted by Crippen LogP contribution is 2.25. The summed E-state index contributed by atoms with van der Waals surface area (Å²) in [5, 5.41) is 2.97. The fraction of sp³-hybridized carbons (Fsp3) is 0.240. The summed E-state index contributed by atoms with van der Waals surface area (Å²) >= 11 is 0. The molecule has 0 radical (unpaired) electrons. The summed E-state index contributed by atoms with van der Waals surface area (Å²) in [6.45, 7) is 1.79. The maximum atomic E-state index is 12.7. The highest BCUT2D eigenvalue weighted by atomic mass is 16.5. The van der Waals surface area contributed by atoms with Crippen LogP contribution in [0.1, 0.15) is 28.8 Å². The predicted octanol–water partition coefficient (Wildman–Crippen LogP) is 3.51. The van der Waals surface area contributed by atoms with Gasteiger partial charge in [-0.15, -0.1) is 0 Å². The van der Waals surface area contributed by atoms with Crippen LogP contribution in [0.15, 0.2) is 72.9 Å². The molecule has 7 heteroatoms. The smallest absolute Gasteiger partial charge is 0.251 e. The Bertz CT molecular complexity index is 1060. The predicted molar refractivity (Wildman–Crippen MR) is 122 cm³/mol. The zero-order chi connectivity index (χ0) is 22.3. The Hall–Kier alpha value is -3.87. The first-order chi connectivity index (χ1) is 15.6. The fourth-order valence-electron chi connectivity index (χ4n) is 3.81. The molecule has 2 aromatic carbocycles. The van der Waals surface area contributed by atoms with E-state index in [2.05, 4.69) is 15.2 Å². The number of ether oxygens (including phenoxy) is 1. The van der Waals surface area contributed by atoms with Gasteiger partial charge in [-0.1, -0.05) is 24.3 Å². The molecule has 7 nitrogen and oxygen atoms in total. The van der Waals surface area contributed by atoms with E-state index in [4.69, 9.17) is 10.5 Å². The topological polar surface area (TPSA) is 97.5 Å². The van der Waals surface area contributed by atoms with Crippen molar-refractivity contribution < 1.29 is 14.3 Å². The number of rotatable bonds is 7. The van der Waals surface area contributed by atoms with Gasteiger partial charge in [-0.2, -0.15) is 0 Å². The summed E-state index contributed by atoms with van der Waals surface area (Å²) in [5.41, 5.74) is 6.92. The van der Waals surface area contributed by atoms with Crippen LogP contribution in [0.5, 0.6) is 11.5 Å². The van der Waals surface area contributed by atoms with Crippen molar-refractivity contribution in [3.8, 4) is 11.5 Å². The van der Waals surface area contributed by atoms with E-state index in [9.17, 15) is 9.59 Å². The molecule has 0 spiro atoms. The fourth-order valence-corrected chi connectivity index (χ4v) is 3.81. The number of hydrogen-bond donors (Lipinski definition) is 2. The summed E-state index contributed by atoms with van der Waals surface area (Å²) < 4.78 is 5.77.